The summed E-state index contributed by atoms with van der Waals surface area (Å²) in [5.74, 6) is 0.262. The van der Waals surface area contributed by atoms with Gasteiger partial charge in [-0.3, -0.25) is 4.79 Å². The number of carbonyl (C=O) groups is 1. The second-order valence-electron chi connectivity index (χ2n) is 5.28. The third kappa shape index (κ3) is 4.24. The number of likely N-dealkylation sites (N-methyl/N-ethyl adjacent to an activating group) is 1. The molecule has 0 spiro atoms. The van der Waals surface area contributed by atoms with Crippen LogP contribution in [0.25, 0.3) is 0 Å². The van der Waals surface area contributed by atoms with Gasteiger partial charge >= 0.3 is 0 Å². The lowest BCUT2D eigenvalue weighted by Gasteiger charge is -2.20. The first kappa shape index (κ1) is 13.9. The number of anilines is 1. The molecule has 0 atom stereocenters. The van der Waals surface area contributed by atoms with Crippen LogP contribution >= 0.6 is 0 Å². The Kier molecular flexibility index (Phi) is 4.80. The van der Waals surface area contributed by atoms with Gasteiger partial charge in [0.2, 0.25) is 5.91 Å². The summed E-state index contributed by atoms with van der Waals surface area (Å²) in [4.78, 5) is 16.5. The topological polar surface area (TPSA) is 49.6 Å². The van der Waals surface area contributed by atoms with Crippen LogP contribution in [0.2, 0.25) is 0 Å². The van der Waals surface area contributed by atoms with E-state index in [1.54, 1.807) is 0 Å². The lowest BCUT2D eigenvalue weighted by molar-refractivity contribution is -0.131. The lowest BCUT2D eigenvalue weighted by Crippen LogP contribution is -2.34. The maximum absolute atomic E-state index is 12.2. The molecule has 4 nitrogen and oxygen atoms in total. The highest BCUT2D eigenvalue weighted by molar-refractivity contribution is 5.76. The number of benzene rings is 1. The summed E-state index contributed by atoms with van der Waals surface area (Å²) in [5, 5.41) is 0. The van der Waals surface area contributed by atoms with E-state index in [-0.39, 0.29) is 5.91 Å². The normalized spacial score (nSPS) is 17.2. The molecule has 19 heavy (non-hydrogen) atoms. The molecule has 1 saturated heterocycles. The molecule has 0 bridgehead atoms. The van der Waals surface area contributed by atoms with Gasteiger partial charge in [0.25, 0.3) is 0 Å². The molecular formula is C15H23N3O. The molecule has 2 N–H and O–H groups in total. The van der Waals surface area contributed by atoms with Gasteiger partial charge in [-0.2, -0.15) is 0 Å². The highest BCUT2D eigenvalue weighted by atomic mass is 16.2. The zero-order valence-corrected chi connectivity index (χ0v) is 11.6. The number of nitrogen functional groups attached to an aromatic ring is 1. The van der Waals surface area contributed by atoms with Gasteiger partial charge in [0.05, 0.1) is 0 Å². The van der Waals surface area contributed by atoms with Gasteiger partial charge in [0.1, 0.15) is 0 Å². The van der Waals surface area contributed by atoms with Crippen LogP contribution in [-0.4, -0.2) is 48.9 Å². The van der Waals surface area contributed by atoms with Gasteiger partial charge in [-0.15, -0.1) is 0 Å². The predicted molar refractivity (Wildman–Crippen MR) is 77.9 cm³/mol. The minimum Gasteiger partial charge on any atom is -0.399 e. The Labute approximate surface area is 115 Å². The fourth-order valence-corrected chi connectivity index (χ4v) is 2.45. The van der Waals surface area contributed by atoms with Gasteiger partial charge in [-0.1, -0.05) is 12.1 Å². The summed E-state index contributed by atoms with van der Waals surface area (Å²) in [6, 6.07) is 7.79. The van der Waals surface area contributed by atoms with Gasteiger partial charge in [-0.25, -0.2) is 0 Å². The van der Waals surface area contributed by atoms with Crippen molar-refractivity contribution in [1.82, 2.24) is 9.80 Å². The minimum absolute atomic E-state index is 0.262. The van der Waals surface area contributed by atoms with Crippen LogP contribution in [0.15, 0.2) is 24.3 Å². The van der Waals surface area contributed by atoms with E-state index in [4.69, 9.17) is 5.73 Å². The molecule has 1 aliphatic heterocycles. The maximum Gasteiger partial charge on any atom is 0.222 e. The third-order valence-corrected chi connectivity index (χ3v) is 3.65. The number of rotatable bonds is 3. The molecule has 1 fully saturated rings. The molecule has 1 aromatic carbocycles. The highest BCUT2D eigenvalue weighted by Crippen LogP contribution is 2.10. The number of nitrogens with zero attached hydrogens (tertiary/aromatic N) is 2. The summed E-state index contributed by atoms with van der Waals surface area (Å²) in [6.45, 7) is 3.80. The van der Waals surface area contributed by atoms with E-state index >= 15 is 0 Å². The fraction of sp³-hybridized carbons (Fsp3) is 0.533. The summed E-state index contributed by atoms with van der Waals surface area (Å²) >= 11 is 0. The standard InChI is InChI=1S/C15H23N3O/c1-17-8-3-9-18(11-10-17)15(19)7-6-13-4-2-5-14(16)12-13/h2,4-5,12H,3,6-11,16H2,1H3. The first-order valence-electron chi connectivity index (χ1n) is 6.96. The number of carbonyl (C=O) groups excluding carboxylic acids is 1. The number of hydrogen-bond donors (Lipinski definition) is 1. The van der Waals surface area contributed by atoms with E-state index in [1.807, 2.05) is 29.2 Å². The molecule has 1 amide bonds. The smallest absolute Gasteiger partial charge is 0.222 e. The maximum atomic E-state index is 12.2. The van der Waals surface area contributed by atoms with E-state index in [9.17, 15) is 4.79 Å². The minimum atomic E-state index is 0.262. The van der Waals surface area contributed by atoms with Crippen LogP contribution in [0.5, 0.6) is 0 Å². The molecule has 0 aliphatic carbocycles. The molecule has 1 heterocycles. The summed E-state index contributed by atoms with van der Waals surface area (Å²) in [7, 11) is 2.11. The first-order valence-corrected chi connectivity index (χ1v) is 6.96. The molecule has 0 saturated carbocycles. The Morgan fingerprint density at radius 3 is 2.89 bits per heavy atom. The molecule has 1 aromatic rings. The van der Waals surface area contributed by atoms with Crippen molar-refractivity contribution < 1.29 is 4.79 Å². The van der Waals surface area contributed by atoms with Crippen LogP contribution in [0.3, 0.4) is 0 Å². The molecule has 0 aromatic heterocycles. The molecule has 104 valence electrons. The number of hydrogen-bond acceptors (Lipinski definition) is 3. The number of aryl methyl sites for hydroxylation is 1. The Morgan fingerprint density at radius 2 is 2.11 bits per heavy atom. The van der Waals surface area contributed by atoms with Crippen LogP contribution in [0, 0.1) is 0 Å². The van der Waals surface area contributed by atoms with Crippen molar-refractivity contribution in [2.24, 2.45) is 0 Å². The Bertz CT molecular complexity index is 433. The van der Waals surface area contributed by atoms with Crippen molar-refractivity contribution in [3.63, 3.8) is 0 Å². The van der Waals surface area contributed by atoms with Crippen LogP contribution < -0.4 is 5.73 Å². The van der Waals surface area contributed by atoms with Gasteiger partial charge < -0.3 is 15.5 Å². The molecular weight excluding hydrogens is 238 g/mol. The average molecular weight is 261 g/mol. The van der Waals surface area contributed by atoms with Gasteiger partial charge in [0, 0.05) is 31.7 Å². The summed E-state index contributed by atoms with van der Waals surface area (Å²) in [5.41, 5.74) is 7.65. The van der Waals surface area contributed by atoms with E-state index < -0.39 is 0 Å². The first-order chi connectivity index (χ1) is 9.15. The predicted octanol–water partition coefficient (Wildman–Crippen LogP) is 1.37. The van der Waals surface area contributed by atoms with E-state index in [0.29, 0.717) is 6.42 Å². The summed E-state index contributed by atoms with van der Waals surface area (Å²) < 4.78 is 0. The van der Waals surface area contributed by atoms with Crippen LogP contribution in [0.4, 0.5) is 5.69 Å². The molecule has 2 rings (SSSR count). The van der Waals surface area contributed by atoms with Crippen LogP contribution in [0.1, 0.15) is 18.4 Å². The third-order valence-electron chi connectivity index (χ3n) is 3.65. The van der Waals surface area contributed by atoms with E-state index in [2.05, 4.69) is 11.9 Å². The quantitative estimate of drug-likeness (QED) is 0.836. The van der Waals surface area contributed by atoms with Crippen molar-refractivity contribution in [2.75, 3.05) is 39.0 Å². The van der Waals surface area contributed by atoms with Crippen molar-refractivity contribution in [1.29, 1.82) is 0 Å². The molecule has 0 unspecified atom stereocenters. The monoisotopic (exact) mass is 261 g/mol. The van der Waals surface area contributed by atoms with Gasteiger partial charge in [0.15, 0.2) is 0 Å². The van der Waals surface area contributed by atoms with Crippen molar-refractivity contribution >= 4 is 11.6 Å². The fourth-order valence-electron chi connectivity index (χ4n) is 2.45. The Balaban J connectivity index is 1.83. The zero-order valence-electron chi connectivity index (χ0n) is 11.6. The van der Waals surface area contributed by atoms with E-state index in [0.717, 1.165) is 50.3 Å². The average Bonchev–Trinajstić information content (AvgIpc) is 2.61. The number of amides is 1. The Hall–Kier alpha value is -1.55. The second kappa shape index (κ2) is 6.57. The Morgan fingerprint density at radius 1 is 1.26 bits per heavy atom. The van der Waals surface area contributed by atoms with Crippen molar-refractivity contribution in [3.8, 4) is 0 Å². The largest absolute Gasteiger partial charge is 0.399 e. The molecule has 4 heteroatoms. The van der Waals surface area contributed by atoms with Crippen molar-refractivity contribution in [3.05, 3.63) is 29.8 Å². The molecule has 1 aliphatic rings. The number of nitrogens with two attached hydrogens (primary N) is 1. The molecule has 0 radical (unpaired) electrons. The lowest BCUT2D eigenvalue weighted by atomic mass is 10.1. The van der Waals surface area contributed by atoms with E-state index in [1.165, 1.54) is 0 Å². The van der Waals surface area contributed by atoms with Crippen molar-refractivity contribution in [2.45, 2.75) is 19.3 Å². The van der Waals surface area contributed by atoms with Crippen LogP contribution in [-0.2, 0) is 11.2 Å². The highest BCUT2D eigenvalue weighted by Gasteiger charge is 2.16. The van der Waals surface area contributed by atoms with Gasteiger partial charge in [-0.05, 0) is 44.1 Å². The SMILES string of the molecule is CN1CCCN(C(=O)CCc2cccc(N)c2)CC1. The summed E-state index contributed by atoms with van der Waals surface area (Å²) in [6.07, 6.45) is 2.42. The second-order valence-corrected chi connectivity index (χ2v) is 5.28. The zero-order chi connectivity index (χ0) is 13.7.